The number of hydrogen-bond acceptors (Lipinski definition) is 4. The van der Waals surface area contributed by atoms with Crippen molar-refractivity contribution in [2.24, 2.45) is 0 Å². The van der Waals surface area contributed by atoms with E-state index >= 15 is 0 Å². The SMILES string of the molecule is O=C1S/C(=C/c2ccc(OCc3ccc(Cl)cc3)c(Br)c2)C(=O)N1Cc1cccc(Br)c1. The molecule has 0 saturated carbocycles. The van der Waals surface area contributed by atoms with E-state index in [9.17, 15) is 9.59 Å². The number of carbonyl (C=O) groups excluding carboxylic acids is 2. The zero-order chi connectivity index (χ0) is 22.7. The van der Waals surface area contributed by atoms with E-state index in [2.05, 4.69) is 31.9 Å². The maximum atomic E-state index is 12.8. The monoisotopic (exact) mass is 591 g/mol. The van der Waals surface area contributed by atoms with E-state index in [1.165, 1.54) is 4.90 Å². The quantitative estimate of drug-likeness (QED) is 0.275. The molecule has 0 atom stereocenters. The Balaban J connectivity index is 1.45. The van der Waals surface area contributed by atoms with Crippen LogP contribution in [-0.2, 0) is 17.9 Å². The van der Waals surface area contributed by atoms with Crippen molar-refractivity contribution in [3.05, 3.63) is 102 Å². The summed E-state index contributed by atoms with van der Waals surface area (Å²) in [4.78, 5) is 26.9. The number of thioether (sulfide) groups is 1. The molecule has 4 rings (SSSR count). The lowest BCUT2D eigenvalue weighted by atomic mass is 10.2. The Morgan fingerprint density at radius 2 is 1.75 bits per heavy atom. The molecular weight excluding hydrogens is 578 g/mol. The van der Waals surface area contributed by atoms with Crippen LogP contribution in [0.3, 0.4) is 0 Å². The molecule has 0 N–H and O–H groups in total. The van der Waals surface area contributed by atoms with Gasteiger partial charge in [-0.2, -0.15) is 0 Å². The average Bonchev–Trinajstić information content (AvgIpc) is 3.02. The molecule has 1 fully saturated rings. The largest absolute Gasteiger partial charge is 0.488 e. The fourth-order valence-electron chi connectivity index (χ4n) is 3.07. The van der Waals surface area contributed by atoms with Crippen LogP contribution in [0.1, 0.15) is 16.7 Å². The zero-order valence-corrected chi connectivity index (χ0v) is 21.3. The van der Waals surface area contributed by atoms with Crippen molar-refractivity contribution in [3.63, 3.8) is 0 Å². The molecule has 3 aromatic carbocycles. The van der Waals surface area contributed by atoms with Crippen LogP contribution in [0.4, 0.5) is 4.79 Å². The Labute approximate surface area is 211 Å². The maximum absolute atomic E-state index is 12.8. The highest BCUT2D eigenvalue weighted by Gasteiger charge is 2.35. The van der Waals surface area contributed by atoms with E-state index < -0.39 is 0 Å². The topological polar surface area (TPSA) is 46.6 Å². The Morgan fingerprint density at radius 1 is 0.969 bits per heavy atom. The van der Waals surface area contributed by atoms with Gasteiger partial charge in [0.2, 0.25) is 0 Å². The summed E-state index contributed by atoms with van der Waals surface area (Å²) < 4.78 is 7.53. The molecular formula is C24H16Br2ClNO3S. The van der Waals surface area contributed by atoms with Crippen LogP contribution < -0.4 is 4.74 Å². The number of nitrogens with zero attached hydrogens (tertiary/aromatic N) is 1. The van der Waals surface area contributed by atoms with Crippen LogP contribution in [0.25, 0.3) is 6.08 Å². The number of imide groups is 1. The molecule has 0 radical (unpaired) electrons. The molecule has 0 aliphatic carbocycles. The van der Waals surface area contributed by atoms with E-state index in [1.54, 1.807) is 6.08 Å². The molecule has 1 heterocycles. The van der Waals surface area contributed by atoms with Gasteiger partial charge in [0.05, 0.1) is 15.9 Å². The van der Waals surface area contributed by atoms with Crippen LogP contribution in [0.15, 0.2) is 80.6 Å². The highest BCUT2D eigenvalue weighted by molar-refractivity contribution is 9.10. The van der Waals surface area contributed by atoms with E-state index in [0.717, 1.165) is 37.4 Å². The Hall–Kier alpha value is -2.06. The van der Waals surface area contributed by atoms with Gasteiger partial charge in [0.1, 0.15) is 12.4 Å². The van der Waals surface area contributed by atoms with E-state index in [0.29, 0.717) is 22.3 Å². The van der Waals surface area contributed by atoms with Crippen molar-refractivity contribution in [1.29, 1.82) is 0 Å². The molecule has 32 heavy (non-hydrogen) atoms. The third-order valence-electron chi connectivity index (χ3n) is 4.66. The van der Waals surface area contributed by atoms with Crippen LogP contribution in [-0.4, -0.2) is 16.0 Å². The first-order valence-corrected chi connectivity index (χ1v) is 12.3. The molecule has 0 unspecified atom stereocenters. The normalized spacial score (nSPS) is 15.0. The molecule has 4 nitrogen and oxygen atoms in total. The summed E-state index contributed by atoms with van der Waals surface area (Å²) in [5.74, 6) is 0.388. The summed E-state index contributed by atoms with van der Waals surface area (Å²) in [6.45, 7) is 0.645. The minimum atomic E-state index is -0.292. The number of rotatable bonds is 6. The van der Waals surface area contributed by atoms with Crippen molar-refractivity contribution in [1.82, 2.24) is 4.90 Å². The van der Waals surface area contributed by atoms with Gasteiger partial charge in [-0.15, -0.1) is 0 Å². The van der Waals surface area contributed by atoms with Gasteiger partial charge >= 0.3 is 0 Å². The summed E-state index contributed by atoms with van der Waals surface area (Å²) in [5, 5.41) is 0.406. The summed E-state index contributed by atoms with van der Waals surface area (Å²) in [5.41, 5.74) is 2.68. The van der Waals surface area contributed by atoms with Gasteiger partial charge in [0.15, 0.2) is 0 Å². The van der Waals surface area contributed by atoms with Gasteiger partial charge in [0.25, 0.3) is 11.1 Å². The summed E-state index contributed by atoms with van der Waals surface area (Å²) in [7, 11) is 0. The maximum Gasteiger partial charge on any atom is 0.293 e. The van der Waals surface area contributed by atoms with E-state index in [1.807, 2.05) is 66.7 Å². The van der Waals surface area contributed by atoms with Crippen LogP contribution >= 0.6 is 55.2 Å². The molecule has 0 aromatic heterocycles. The number of carbonyl (C=O) groups is 2. The number of benzene rings is 3. The molecule has 1 aliphatic heterocycles. The molecule has 0 bridgehead atoms. The second-order valence-electron chi connectivity index (χ2n) is 7.00. The van der Waals surface area contributed by atoms with Gasteiger partial charge in [-0.1, -0.05) is 57.9 Å². The fourth-order valence-corrected chi connectivity index (χ4v) is 4.99. The second kappa shape index (κ2) is 10.3. The first kappa shape index (κ1) is 23.1. The first-order valence-electron chi connectivity index (χ1n) is 9.55. The molecule has 2 amide bonds. The standard InChI is InChI=1S/C24H16Br2ClNO3S/c25-18-3-1-2-17(10-18)13-28-23(29)22(32-24(28)30)12-16-6-9-21(20(26)11-16)31-14-15-4-7-19(27)8-5-15/h1-12H,13-14H2/b22-12+. The van der Waals surface area contributed by atoms with Crippen LogP contribution in [0.2, 0.25) is 5.02 Å². The smallest absolute Gasteiger partial charge is 0.293 e. The lowest BCUT2D eigenvalue weighted by Gasteiger charge is -2.12. The number of ether oxygens (including phenoxy) is 1. The third kappa shape index (κ3) is 5.64. The van der Waals surface area contributed by atoms with Gasteiger partial charge < -0.3 is 4.74 Å². The predicted octanol–water partition coefficient (Wildman–Crippen LogP) is 7.68. The van der Waals surface area contributed by atoms with Gasteiger partial charge in [-0.25, -0.2) is 0 Å². The predicted molar refractivity (Wildman–Crippen MR) is 136 cm³/mol. The minimum absolute atomic E-state index is 0.239. The number of halogens is 3. The van der Waals surface area contributed by atoms with E-state index in [4.69, 9.17) is 16.3 Å². The lowest BCUT2D eigenvalue weighted by Crippen LogP contribution is -2.27. The molecule has 1 aliphatic rings. The highest BCUT2D eigenvalue weighted by atomic mass is 79.9. The zero-order valence-electron chi connectivity index (χ0n) is 16.6. The Bertz CT molecular complexity index is 1210. The van der Waals surface area contributed by atoms with Crippen molar-refractivity contribution >= 4 is 72.4 Å². The van der Waals surface area contributed by atoms with Crippen molar-refractivity contribution in [2.45, 2.75) is 13.2 Å². The lowest BCUT2D eigenvalue weighted by molar-refractivity contribution is -0.123. The molecule has 1 saturated heterocycles. The Kier molecular flexibility index (Phi) is 7.40. The van der Waals surface area contributed by atoms with Gasteiger partial charge in [-0.05, 0) is 86.9 Å². The van der Waals surface area contributed by atoms with Gasteiger partial charge in [-0.3, -0.25) is 14.5 Å². The Morgan fingerprint density at radius 3 is 2.47 bits per heavy atom. The first-order chi connectivity index (χ1) is 15.4. The third-order valence-corrected chi connectivity index (χ3v) is 6.94. The van der Waals surface area contributed by atoms with Crippen molar-refractivity contribution in [3.8, 4) is 5.75 Å². The van der Waals surface area contributed by atoms with Crippen molar-refractivity contribution in [2.75, 3.05) is 0 Å². The number of amides is 2. The molecule has 3 aromatic rings. The molecule has 0 spiro atoms. The van der Waals surface area contributed by atoms with Crippen LogP contribution in [0, 0.1) is 0 Å². The molecule has 162 valence electrons. The average molecular weight is 594 g/mol. The number of hydrogen-bond donors (Lipinski definition) is 0. The summed E-state index contributed by atoms with van der Waals surface area (Å²) in [6, 6.07) is 20.6. The molecule has 8 heteroatoms. The summed E-state index contributed by atoms with van der Waals surface area (Å²) >= 11 is 13.8. The summed E-state index contributed by atoms with van der Waals surface area (Å²) in [6.07, 6.45) is 1.72. The highest BCUT2D eigenvalue weighted by Crippen LogP contribution is 2.35. The van der Waals surface area contributed by atoms with E-state index in [-0.39, 0.29) is 17.7 Å². The second-order valence-corrected chi connectivity index (χ2v) is 10.2. The minimum Gasteiger partial charge on any atom is -0.488 e. The fraction of sp³-hybridized carbons (Fsp3) is 0.0833. The van der Waals surface area contributed by atoms with Crippen LogP contribution in [0.5, 0.6) is 5.75 Å². The van der Waals surface area contributed by atoms with Crippen molar-refractivity contribution < 1.29 is 14.3 Å². The van der Waals surface area contributed by atoms with Gasteiger partial charge in [0, 0.05) is 9.50 Å².